The van der Waals surface area contributed by atoms with Crippen molar-refractivity contribution in [3.63, 3.8) is 0 Å². The summed E-state index contributed by atoms with van der Waals surface area (Å²) in [7, 11) is 0. The fraction of sp³-hybridized carbons (Fsp3) is 0.500. The summed E-state index contributed by atoms with van der Waals surface area (Å²) in [5, 5.41) is 21.2. The van der Waals surface area contributed by atoms with Crippen LogP contribution in [0.4, 0.5) is 4.79 Å². The maximum absolute atomic E-state index is 12.6. The molecule has 1 fully saturated rings. The average molecular weight is 439 g/mol. The summed E-state index contributed by atoms with van der Waals surface area (Å²) in [5.41, 5.74) is 3.38. The number of carbonyl (C=O) groups excluding carboxylic acids is 3. The van der Waals surface area contributed by atoms with Gasteiger partial charge >= 0.3 is 6.09 Å². The molecule has 3 amide bonds. The number of hydrogen-bond acceptors (Lipinski definition) is 6. The fourth-order valence-corrected chi connectivity index (χ4v) is 4.34. The quantitative estimate of drug-likeness (QED) is 0.477. The van der Waals surface area contributed by atoms with E-state index < -0.39 is 22.6 Å². The number of phenolic OH excluding ortho intramolecular Hbond substituents is 1. The van der Waals surface area contributed by atoms with Gasteiger partial charge in [-0.05, 0) is 24.6 Å². The largest absolute Gasteiger partial charge is 0.539 e. The molecule has 4 N–H and O–H groups in total. The minimum atomic E-state index is -1.09. The smallest absolute Gasteiger partial charge is 0.508 e. The normalized spacial score (nSPS) is 21.6. The molecule has 164 valence electrons. The van der Waals surface area contributed by atoms with E-state index in [0.29, 0.717) is 6.54 Å². The highest BCUT2D eigenvalue weighted by molar-refractivity contribution is 8.13. The van der Waals surface area contributed by atoms with Gasteiger partial charge in [-0.15, -0.1) is 4.59 Å². The molecule has 1 aromatic carbocycles. The van der Waals surface area contributed by atoms with Gasteiger partial charge in [0.15, 0.2) is 0 Å². The molecule has 9 nitrogen and oxygen atoms in total. The molecule has 0 radical (unpaired) electrons. The van der Waals surface area contributed by atoms with Crippen molar-refractivity contribution in [2.75, 3.05) is 12.3 Å². The van der Waals surface area contributed by atoms with Crippen molar-refractivity contribution < 1.29 is 34.0 Å². The molecule has 0 bridgehead atoms. The molecule has 0 spiro atoms. The van der Waals surface area contributed by atoms with Crippen LogP contribution in [0.3, 0.4) is 0 Å². The number of aromatic hydroxyl groups is 1. The standard InChI is InChI=1S/C20H27N3O6S/c1-13-4-3-10-23(13,20(28)29)22-18(26)9-11-30-19(27)17(21-14(2)24)12-15-5-7-16(25)8-6-15/h5-8,13,17H,3-4,9-12H2,1-2H3,(H3-,21,22,24,25,26,28,29)/p+1/t13-,17+,23?/m1/s1. The first-order valence-corrected chi connectivity index (χ1v) is 10.8. The summed E-state index contributed by atoms with van der Waals surface area (Å²) in [5.74, 6) is -0.497. The van der Waals surface area contributed by atoms with Crippen LogP contribution in [0.1, 0.15) is 38.7 Å². The van der Waals surface area contributed by atoms with Gasteiger partial charge in [0.05, 0.1) is 0 Å². The number of hydrogen-bond donors (Lipinski definition) is 4. The second kappa shape index (κ2) is 10.4. The van der Waals surface area contributed by atoms with Gasteiger partial charge in [-0.25, -0.2) is 0 Å². The number of amides is 3. The molecule has 30 heavy (non-hydrogen) atoms. The van der Waals surface area contributed by atoms with Gasteiger partial charge in [-0.3, -0.25) is 14.4 Å². The first kappa shape index (κ1) is 23.7. The van der Waals surface area contributed by atoms with E-state index in [1.54, 1.807) is 19.1 Å². The number of rotatable bonds is 7. The molecule has 10 heteroatoms. The van der Waals surface area contributed by atoms with E-state index in [-0.39, 0.29) is 41.4 Å². The molecular weight excluding hydrogens is 410 g/mol. The molecular formula is C20H28N3O6S+. The van der Waals surface area contributed by atoms with E-state index in [0.717, 1.165) is 30.2 Å². The van der Waals surface area contributed by atoms with Crippen LogP contribution in [0.2, 0.25) is 0 Å². The minimum Gasteiger partial charge on any atom is -0.508 e. The van der Waals surface area contributed by atoms with E-state index in [9.17, 15) is 29.4 Å². The van der Waals surface area contributed by atoms with E-state index in [2.05, 4.69) is 10.7 Å². The number of carbonyl (C=O) groups is 4. The first-order chi connectivity index (χ1) is 14.1. The van der Waals surface area contributed by atoms with Crippen LogP contribution in [-0.2, 0) is 20.8 Å². The number of carboxylic acid groups (broad SMARTS) is 1. The molecule has 0 saturated carbocycles. The van der Waals surface area contributed by atoms with E-state index >= 15 is 0 Å². The number of quaternary nitrogens is 1. The lowest BCUT2D eigenvalue weighted by molar-refractivity contribution is -0.902. The van der Waals surface area contributed by atoms with Crippen molar-refractivity contribution in [3.05, 3.63) is 29.8 Å². The maximum atomic E-state index is 12.6. The molecule has 0 aliphatic carbocycles. The van der Waals surface area contributed by atoms with Crippen molar-refractivity contribution in [2.45, 2.75) is 51.6 Å². The predicted octanol–water partition coefficient (Wildman–Crippen LogP) is 1.80. The van der Waals surface area contributed by atoms with Crippen LogP contribution in [0, 0.1) is 0 Å². The Morgan fingerprint density at radius 2 is 1.90 bits per heavy atom. The van der Waals surface area contributed by atoms with Crippen molar-refractivity contribution in [1.29, 1.82) is 0 Å². The zero-order chi connectivity index (χ0) is 22.3. The van der Waals surface area contributed by atoms with Gasteiger partial charge in [0, 0.05) is 38.4 Å². The van der Waals surface area contributed by atoms with E-state index in [4.69, 9.17) is 0 Å². The second-order valence-corrected chi connectivity index (χ2v) is 8.54. The Morgan fingerprint density at radius 1 is 1.23 bits per heavy atom. The van der Waals surface area contributed by atoms with Gasteiger partial charge in [-0.2, -0.15) is 10.2 Å². The molecule has 2 rings (SSSR count). The van der Waals surface area contributed by atoms with Gasteiger partial charge in [0.25, 0.3) is 5.91 Å². The summed E-state index contributed by atoms with van der Waals surface area (Å²) in [6.45, 7) is 3.45. The van der Waals surface area contributed by atoms with Crippen molar-refractivity contribution in [3.8, 4) is 5.75 Å². The van der Waals surface area contributed by atoms with Crippen LogP contribution in [-0.4, -0.2) is 62.2 Å². The van der Waals surface area contributed by atoms with Crippen molar-refractivity contribution in [2.24, 2.45) is 0 Å². The Balaban J connectivity index is 1.89. The number of nitrogens with one attached hydrogen (secondary N) is 2. The Labute approximate surface area is 179 Å². The number of likely N-dealkylation sites (tertiary alicyclic amines) is 1. The second-order valence-electron chi connectivity index (χ2n) is 7.44. The number of phenols is 1. The first-order valence-electron chi connectivity index (χ1n) is 9.78. The Hall–Kier alpha value is -2.59. The zero-order valence-corrected chi connectivity index (χ0v) is 17.9. The molecule has 1 saturated heterocycles. The topological polar surface area (TPSA) is 133 Å². The average Bonchev–Trinajstić information content (AvgIpc) is 3.04. The summed E-state index contributed by atoms with van der Waals surface area (Å²) in [6, 6.07) is 5.36. The van der Waals surface area contributed by atoms with E-state index in [1.165, 1.54) is 19.1 Å². The number of benzene rings is 1. The predicted molar refractivity (Wildman–Crippen MR) is 111 cm³/mol. The van der Waals surface area contributed by atoms with Crippen LogP contribution >= 0.6 is 11.8 Å². The highest BCUT2D eigenvalue weighted by Gasteiger charge is 2.48. The van der Waals surface area contributed by atoms with Crippen LogP contribution in [0.15, 0.2) is 24.3 Å². The van der Waals surface area contributed by atoms with E-state index in [1.807, 2.05) is 0 Å². The lowest BCUT2D eigenvalue weighted by Gasteiger charge is -2.31. The van der Waals surface area contributed by atoms with Gasteiger partial charge in [0.1, 0.15) is 24.4 Å². The summed E-state index contributed by atoms with van der Waals surface area (Å²) in [6.07, 6.45) is 0.597. The van der Waals surface area contributed by atoms with Gasteiger partial charge < -0.3 is 15.5 Å². The lowest BCUT2D eigenvalue weighted by atomic mass is 10.1. The maximum Gasteiger partial charge on any atom is 0.539 e. The molecule has 1 heterocycles. The summed E-state index contributed by atoms with van der Waals surface area (Å²) >= 11 is 0.925. The SMILES string of the molecule is CC(=O)N[C@@H](Cc1ccc(O)cc1)C(=O)SCCC(=O)N[N+]1(C(=O)O)CCC[C@H]1C. The fourth-order valence-electron chi connectivity index (χ4n) is 3.50. The lowest BCUT2D eigenvalue weighted by Crippen LogP contribution is -2.64. The van der Waals surface area contributed by atoms with Crippen LogP contribution in [0.5, 0.6) is 5.75 Å². The highest BCUT2D eigenvalue weighted by Crippen LogP contribution is 2.25. The number of thioether (sulfide) groups is 1. The van der Waals surface area contributed by atoms with Gasteiger partial charge in [-0.1, -0.05) is 23.9 Å². The third-order valence-electron chi connectivity index (χ3n) is 5.16. The van der Waals surface area contributed by atoms with Crippen molar-refractivity contribution >= 4 is 34.8 Å². The number of nitrogens with zero attached hydrogens (tertiary/aromatic N) is 1. The molecule has 1 aromatic rings. The summed E-state index contributed by atoms with van der Waals surface area (Å²) in [4.78, 5) is 48.0. The molecule has 1 aliphatic rings. The third-order valence-corrected chi connectivity index (χ3v) is 6.14. The van der Waals surface area contributed by atoms with Crippen LogP contribution < -0.4 is 10.7 Å². The minimum absolute atomic E-state index is 0.0115. The highest BCUT2D eigenvalue weighted by atomic mass is 32.2. The molecule has 0 aromatic heterocycles. The molecule has 1 aliphatic heterocycles. The Bertz CT molecular complexity index is 800. The Morgan fingerprint density at radius 3 is 2.43 bits per heavy atom. The Kier molecular flexibility index (Phi) is 8.24. The van der Waals surface area contributed by atoms with Crippen molar-refractivity contribution in [1.82, 2.24) is 10.7 Å². The third kappa shape index (κ3) is 6.20. The van der Waals surface area contributed by atoms with Gasteiger partial charge in [0.2, 0.25) is 11.0 Å². The van der Waals surface area contributed by atoms with Crippen LogP contribution in [0.25, 0.3) is 0 Å². The molecule has 1 unspecified atom stereocenters. The molecule has 3 atom stereocenters. The monoisotopic (exact) mass is 438 g/mol. The summed E-state index contributed by atoms with van der Waals surface area (Å²) < 4.78 is -0.479. The zero-order valence-electron chi connectivity index (χ0n) is 17.1.